The summed E-state index contributed by atoms with van der Waals surface area (Å²) in [6.45, 7) is 0.745. The van der Waals surface area contributed by atoms with Crippen LogP contribution >= 0.6 is 0 Å². The highest BCUT2D eigenvalue weighted by Gasteiger charge is 2.41. The number of amides is 2. The zero-order valence-corrected chi connectivity index (χ0v) is 11.9. The van der Waals surface area contributed by atoms with Crippen molar-refractivity contribution < 1.29 is 27.9 Å². The van der Waals surface area contributed by atoms with Gasteiger partial charge in [-0.1, -0.05) is 12.1 Å². The Hall–Kier alpha value is -2.48. The fraction of sp³-hybridized carbons (Fsp3) is 0.267. The molecule has 0 fully saturated rings. The number of alkyl halides is 3. The molecular formula is C15H11F3N2O3. The van der Waals surface area contributed by atoms with E-state index >= 15 is 0 Å². The molecule has 1 aromatic heterocycles. The number of aliphatic hydroxyl groups is 1. The summed E-state index contributed by atoms with van der Waals surface area (Å²) in [6, 6.07) is 3.40. The van der Waals surface area contributed by atoms with Gasteiger partial charge in [0, 0.05) is 5.39 Å². The Morgan fingerprint density at radius 3 is 2.43 bits per heavy atom. The molecule has 23 heavy (non-hydrogen) atoms. The number of β-amino-alcohol motifs (C(OH)–C–C–N with tert-alkyl or cyclic N) is 1. The number of carbonyl (C=O) groups excluding carboxylic acids is 2. The molecule has 8 heteroatoms. The number of aromatic nitrogens is 1. The summed E-state index contributed by atoms with van der Waals surface area (Å²) in [5.41, 5.74) is -1.35. The molecule has 0 radical (unpaired) electrons. The van der Waals surface area contributed by atoms with E-state index in [9.17, 15) is 22.8 Å². The molecule has 2 amide bonds. The zero-order chi connectivity index (χ0) is 16.9. The van der Waals surface area contributed by atoms with Gasteiger partial charge < -0.3 is 5.11 Å². The second kappa shape index (κ2) is 5.02. The maximum Gasteiger partial charge on any atom is 0.418 e. The first-order chi connectivity index (χ1) is 10.8. The minimum absolute atomic E-state index is 0.00438. The van der Waals surface area contributed by atoms with Crippen molar-refractivity contribution in [3.63, 3.8) is 0 Å². The van der Waals surface area contributed by atoms with Gasteiger partial charge in [-0.05, 0) is 13.0 Å². The molecule has 1 aromatic carbocycles. The number of para-hydroxylation sites is 1. The number of hydrogen-bond donors (Lipinski definition) is 1. The normalized spacial score (nSPS) is 14.7. The van der Waals surface area contributed by atoms with Crippen LogP contribution in [-0.2, 0) is 6.18 Å². The maximum absolute atomic E-state index is 13.1. The van der Waals surface area contributed by atoms with Gasteiger partial charge in [-0.3, -0.25) is 19.5 Å². The zero-order valence-electron chi connectivity index (χ0n) is 11.9. The highest BCUT2D eigenvalue weighted by molar-refractivity contribution is 6.26. The predicted octanol–water partition coefficient (Wildman–Crippen LogP) is 2.15. The van der Waals surface area contributed by atoms with Crippen LogP contribution in [-0.4, -0.2) is 40.0 Å². The van der Waals surface area contributed by atoms with Crippen LogP contribution in [0.1, 0.15) is 32.0 Å². The number of fused-ring (bicyclic) bond motifs is 3. The van der Waals surface area contributed by atoms with Gasteiger partial charge in [0.2, 0.25) is 0 Å². The predicted molar refractivity (Wildman–Crippen MR) is 73.9 cm³/mol. The quantitative estimate of drug-likeness (QED) is 0.859. The molecule has 5 nitrogen and oxygen atoms in total. The van der Waals surface area contributed by atoms with Crippen LogP contribution in [0.2, 0.25) is 0 Å². The third kappa shape index (κ3) is 2.17. The van der Waals surface area contributed by atoms with E-state index in [0.717, 1.165) is 11.0 Å². The monoisotopic (exact) mass is 324 g/mol. The van der Waals surface area contributed by atoms with Gasteiger partial charge in [0.25, 0.3) is 11.8 Å². The highest BCUT2D eigenvalue weighted by atomic mass is 19.4. The van der Waals surface area contributed by atoms with Gasteiger partial charge >= 0.3 is 6.18 Å². The molecular weight excluding hydrogens is 313 g/mol. The molecule has 1 aliphatic heterocycles. The van der Waals surface area contributed by atoms with Crippen LogP contribution in [0.4, 0.5) is 13.2 Å². The first kappa shape index (κ1) is 15.4. The lowest BCUT2D eigenvalue weighted by Gasteiger charge is -2.12. The molecule has 2 aromatic rings. The fourth-order valence-corrected chi connectivity index (χ4v) is 2.78. The van der Waals surface area contributed by atoms with Crippen LogP contribution in [0.3, 0.4) is 0 Å². The molecule has 120 valence electrons. The number of benzene rings is 1. The summed E-state index contributed by atoms with van der Waals surface area (Å²) in [7, 11) is 0. The number of nitrogens with zero attached hydrogens (tertiary/aromatic N) is 2. The van der Waals surface area contributed by atoms with E-state index in [4.69, 9.17) is 5.11 Å². The van der Waals surface area contributed by atoms with E-state index in [1.165, 1.54) is 19.1 Å². The van der Waals surface area contributed by atoms with E-state index in [-0.39, 0.29) is 34.3 Å². The number of rotatable bonds is 2. The molecule has 0 spiro atoms. The molecule has 0 aliphatic carbocycles. The topological polar surface area (TPSA) is 70.5 Å². The molecule has 0 atom stereocenters. The molecule has 1 N–H and O–H groups in total. The Morgan fingerprint density at radius 2 is 1.83 bits per heavy atom. The number of pyridine rings is 1. The summed E-state index contributed by atoms with van der Waals surface area (Å²) in [5.74, 6) is -1.36. The van der Waals surface area contributed by atoms with Crippen molar-refractivity contribution in [2.75, 3.05) is 13.2 Å². The number of aryl methyl sites for hydroxylation is 1. The average Bonchev–Trinajstić information content (AvgIpc) is 2.72. The summed E-state index contributed by atoms with van der Waals surface area (Å²) >= 11 is 0. The SMILES string of the molecule is Cc1nc2c(C(F)(F)F)cccc2c2c1C(=O)N(CCO)C2=O. The number of halogens is 3. The average molecular weight is 324 g/mol. The molecule has 0 saturated heterocycles. The molecule has 0 saturated carbocycles. The van der Waals surface area contributed by atoms with E-state index < -0.39 is 30.2 Å². The highest BCUT2D eigenvalue weighted by Crippen LogP contribution is 2.38. The van der Waals surface area contributed by atoms with Crippen molar-refractivity contribution in [3.05, 3.63) is 40.6 Å². The van der Waals surface area contributed by atoms with E-state index in [1.54, 1.807) is 0 Å². The lowest BCUT2D eigenvalue weighted by atomic mass is 10.00. The smallest absolute Gasteiger partial charge is 0.395 e. The summed E-state index contributed by atoms with van der Waals surface area (Å²) in [5, 5.41) is 8.95. The fourth-order valence-electron chi connectivity index (χ4n) is 2.78. The van der Waals surface area contributed by atoms with Crippen LogP contribution in [0, 0.1) is 6.92 Å². The third-order valence-electron chi connectivity index (χ3n) is 3.74. The summed E-state index contributed by atoms with van der Waals surface area (Å²) in [4.78, 5) is 29.4. The molecule has 2 heterocycles. The van der Waals surface area contributed by atoms with Gasteiger partial charge in [-0.2, -0.15) is 13.2 Å². The van der Waals surface area contributed by atoms with Gasteiger partial charge in [-0.25, -0.2) is 0 Å². The van der Waals surface area contributed by atoms with Gasteiger partial charge in [0.05, 0.1) is 41.1 Å². The second-order valence-corrected chi connectivity index (χ2v) is 5.13. The number of carbonyl (C=O) groups is 2. The molecule has 0 unspecified atom stereocenters. The molecule has 1 aliphatic rings. The van der Waals surface area contributed by atoms with E-state index in [2.05, 4.69) is 4.98 Å². The summed E-state index contributed by atoms with van der Waals surface area (Å²) in [6.07, 6.45) is -4.62. The van der Waals surface area contributed by atoms with Crippen LogP contribution in [0.15, 0.2) is 18.2 Å². The molecule has 3 rings (SSSR count). The maximum atomic E-state index is 13.1. The van der Waals surface area contributed by atoms with Crippen molar-refractivity contribution in [2.24, 2.45) is 0 Å². The first-order valence-corrected chi connectivity index (χ1v) is 6.75. The minimum Gasteiger partial charge on any atom is -0.395 e. The van der Waals surface area contributed by atoms with E-state index in [0.29, 0.717) is 0 Å². The Kier molecular flexibility index (Phi) is 3.36. The van der Waals surface area contributed by atoms with Gasteiger partial charge in [0.1, 0.15) is 0 Å². The standard InChI is InChI=1S/C15H11F3N2O3/c1-7-10-11(14(23)20(5-6-21)13(10)22)8-3-2-4-9(12(8)19-7)15(16,17)18/h2-4,21H,5-6H2,1H3. The number of imide groups is 1. The Bertz CT molecular complexity index is 846. The van der Waals surface area contributed by atoms with Crippen LogP contribution < -0.4 is 0 Å². The lowest BCUT2D eigenvalue weighted by Crippen LogP contribution is -2.32. The number of aliphatic hydroxyl groups excluding tert-OH is 1. The van der Waals surface area contributed by atoms with E-state index in [1.807, 2.05) is 0 Å². The van der Waals surface area contributed by atoms with Gasteiger partial charge in [-0.15, -0.1) is 0 Å². The Balaban J connectivity index is 2.36. The largest absolute Gasteiger partial charge is 0.418 e. The molecule has 0 bridgehead atoms. The Morgan fingerprint density at radius 1 is 1.17 bits per heavy atom. The van der Waals surface area contributed by atoms with Crippen molar-refractivity contribution >= 4 is 22.7 Å². The van der Waals surface area contributed by atoms with Crippen LogP contribution in [0.5, 0.6) is 0 Å². The number of hydrogen-bond acceptors (Lipinski definition) is 4. The van der Waals surface area contributed by atoms with Crippen molar-refractivity contribution in [2.45, 2.75) is 13.1 Å². The Labute approximate surface area is 128 Å². The lowest BCUT2D eigenvalue weighted by molar-refractivity contribution is -0.136. The second-order valence-electron chi connectivity index (χ2n) is 5.13. The first-order valence-electron chi connectivity index (χ1n) is 6.75. The van der Waals surface area contributed by atoms with Crippen molar-refractivity contribution in [3.8, 4) is 0 Å². The van der Waals surface area contributed by atoms with Crippen LogP contribution in [0.25, 0.3) is 10.9 Å². The third-order valence-corrected chi connectivity index (χ3v) is 3.74. The van der Waals surface area contributed by atoms with Crippen molar-refractivity contribution in [1.29, 1.82) is 0 Å². The minimum atomic E-state index is -4.62. The summed E-state index contributed by atoms with van der Waals surface area (Å²) < 4.78 is 39.4. The van der Waals surface area contributed by atoms with Gasteiger partial charge in [0.15, 0.2) is 0 Å². The van der Waals surface area contributed by atoms with Crippen molar-refractivity contribution in [1.82, 2.24) is 9.88 Å².